The van der Waals surface area contributed by atoms with Crippen LogP contribution >= 0.6 is 0 Å². The van der Waals surface area contributed by atoms with Crippen molar-refractivity contribution in [1.82, 2.24) is 5.32 Å². The standard InChI is InChI=1S/C4H9F2NO/c1-7-2-4(5,6)3-8/h7-8H,2-3H2,1H3. The molecule has 8 heavy (non-hydrogen) atoms. The second-order valence-corrected chi connectivity index (χ2v) is 1.54. The van der Waals surface area contributed by atoms with Crippen LogP contribution < -0.4 is 5.32 Å². The summed E-state index contributed by atoms with van der Waals surface area (Å²) in [6.07, 6.45) is 0. The zero-order valence-corrected chi connectivity index (χ0v) is 4.62. The molecule has 0 aromatic heterocycles. The van der Waals surface area contributed by atoms with Crippen LogP contribution in [0.5, 0.6) is 0 Å². The highest BCUT2D eigenvalue weighted by Gasteiger charge is 2.25. The van der Waals surface area contributed by atoms with E-state index in [2.05, 4.69) is 5.32 Å². The second-order valence-electron chi connectivity index (χ2n) is 1.54. The molecule has 0 aliphatic heterocycles. The van der Waals surface area contributed by atoms with E-state index in [0.717, 1.165) is 0 Å². The summed E-state index contributed by atoms with van der Waals surface area (Å²) in [5.74, 6) is -2.96. The number of hydrogen-bond acceptors (Lipinski definition) is 2. The maximum Gasteiger partial charge on any atom is 0.282 e. The average Bonchev–Trinajstić information content (AvgIpc) is 1.67. The molecular weight excluding hydrogens is 116 g/mol. The van der Waals surface area contributed by atoms with Crippen molar-refractivity contribution in [1.29, 1.82) is 0 Å². The Bertz CT molecular complexity index is 67.1. The summed E-state index contributed by atoms with van der Waals surface area (Å²) in [7, 11) is 1.41. The molecule has 0 bridgehead atoms. The molecule has 0 unspecified atom stereocenters. The van der Waals surface area contributed by atoms with Crippen LogP contribution in [0.25, 0.3) is 0 Å². The third-order valence-corrected chi connectivity index (χ3v) is 0.667. The van der Waals surface area contributed by atoms with Crippen LogP contribution in [0.4, 0.5) is 8.78 Å². The molecule has 0 spiro atoms. The fraction of sp³-hybridized carbons (Fsp3) is 1.00. The van der Waals surface area contributed by atoms with Gasteiger partial charge in [0.25, 0.3) is 5.92 Å². The minimum Gasteiger partial charge on any atom is -0.390 e. The molecule has 2 N–H and O–H groups in total. The molecule has 0 aliphatic rings. The lowest BCUT2D eigenvalue weighted by Crippen LogP contribution is -2.33. The fourth-order valence-electron chi connectivity index (χ4n) is 0.315. The Balaban J connectivity index is 3.37. The van der Waals surface area contributed by atoms with Gasteiger partial charge >= 0.3 is 0 Å². The predicted molar refractivity (Wildman–Crippen MR) is 26.0 cm³/mol. The summed E-state index contributed by atoms with van der Waals surface area (Å²) in [6, 6.07) is 0. The zero-order valence-electron chi connectivity index (χ0n) is 4.62. The van der Waals surface area contributed by atoms with E-state index in [1.165, 1.54) is 7.05 Å². The van der Waals surface area contributed by atoms with Crippen LogP contribution in [0.15, 0.2) is 0 Å². The van der Waals surface area contributed by atoms with Gasteiger partial charge in [-0.15, -0.1) is 0 Å². The van der Waals surface area contributed by atoms with Crippen molar-refractivity contribution >= 4 is 0 Å². The topological polar surface area (TPSA) is 32.3 Å². The van der Waals surface area contributed by atoms with Crippen LogP contribution in [0.2, 0.25) is 0 Å². The normalized spacial score (nSPS) is 12.0. The van der Waals surface area contributed by atoms with Gasteiger partial charge in [0.1, 0.15) is 6.61 Å². The SMILES string of the molecule is CNCC(F)(F)CO. The van der Waals surface area contributed by atoms with Crippen LogP contribution in [0.1, 0.15) is 0 Å². The number of rotatable bonds is 3. The van der Waals surface area contributed by atoms with Gasteiger partial charge in [-0.1, -0.05) is 0 Å². The van der Waals surface area contributed by atoms with Crippen molar-refractivity contribution < 1.29 is 13.9 Å². The maximum atomic E-state index is 11.8. The minimum atomic E-state index is -2.96. The van der Waals surface area contributed by atoms with Gasteiger partial charge in [-0.05, 0) is 7.05 Å². The summed E-state index contributed by atoms with van der Waals surface area (Å²) < 4.78 is 23.7. The first kappa shape index (κ1) is 7.78. The van der Waals surface area contributed by atoms with E-state index in [0.29, 0.717) is 0 Å². The lowest BCUT2D eigenvalue weighted by molar-refractivity contribution is -0.0462. The number of halogens is 2. The average molecular weight is 125 g/mol. The van der Waals surface area contributed by atoms with E-state index in [1.54, 1.807) is 0 Å². The summed E-state index contributed by atoms with van der Waals surface area (Å²) in [6.45, 7) is -1.56. The van der Waals surface area contributed by atoms with Crippen molar-refractivity contribution in [3.63, 3.8) is 0 Å². The Morgan fingerprint density at radius 2 is 2.12 bits per heavy atom. The van der Waals surface area contributed by atoms with Crippen molar-refractivity contribution in [3.05, 3.63) is 0 Å². The molecule has 0 aromatic carbocycles. The van der Waals surface area contributed by atoms with E-state index < -0.39 is 19.1 Å². The fourth-order valence-corrected chi connectivity index (χ4v) is 0.315. The Kier molecular flexibility index (Phi) is 2.86. The highest BCUT2D eigenvalue weighted by molar-refractivity contribution is 4.64. The molecule has 4 heteroatoms. The highest BCUT2D eigenvalue weighted by Crippen LogP contribution is 2.08. The van der Waals surface area contributed by atoms with Gasteiger partial charge in [-0.3, -0.25) is 0 Å². The molecule has 0 saturated heterocycles. The highest BCUT2D eigenvalue weighted by atomic mass is 19.3. The third-order valence-electron chi connectivity index (χ3n) is 0.667. The first-order valence-electron chi connectivity index (χ1n) is 2.25. The lowest BCUT2D eigenvalue weighted by atomic mass is 10.4. The van der Waals surface area contributed by atoms with E-state index in [4.69, 9.17) is 5.11 Å². The molecule has 0 rings (SSSR count). The maximum absolute atomic E-state index is 11.8. The van der Waals surface area contributed by atoms with E-state index >= 15 is 0 Å². The van der Waals surface area contributed by atoms with E-state index in [-0.39, 0.29) is 0 Å². The molecule has 0 fully saturated rings. The Labute approximate surface area is 46.5 Å². The Hall–Kier alpha value is -0.220. The third kappa shape index (κ3) is 2.87. The van der Waals surface area contributed by atoms with Gasteiger partial charge in [-0.25, -0.2) is 8.78 Å². The van der Waals surface area contributed by atoms with Gasteiger partial charge in [0.2, 0.25) is 0 Å². The summed E-state index contributed by atoms with van der Waals surface area (Å²) in [5.41, 5.74) is 0. The molecule has 0 radical (unpaired) electrons. The van der Waals surface area contributed by atoms with Gasteiger partial charge in [0.05, 0.1) is 6.54 Å². The monoisotopic (exact) mass is 125 g/mol. The minimum absolute atomic E-state index is 0.469. The van der Waals surface area contributed by atoms with Crippen molar-refractivity contribution in [2.45, 2.75) is 5.92 Å². The van der Waals surface area contributed by atoms with Crippen LogP contribution in [-0.2, 0) is 0 Å². The molecular formula is C4H9F2NO. The van der Waals surface area contributed by atoms with Gasteiger partial charge in [0, 0.05) is 0 Å². The second kappa shape index (κ2) is 2.94. The lowest BCUT2D eigenvalue weighted by Gasteiger charge is -2.10. The number of nitrogens with one attached hydrogen (secondary N) is 1. The molecule has 0 saturated carbocycles. The first-order valence-corrected chi connectivity index (χ1v) is 2.25. The van der Waals surface area contributed by atoms with Crippen molar-refractivity contribution in [3.8, 4) is 0 Å². The molecule has 50 valence electrons. The largest absolute Gasteiger partial charge is 0.390 e. The predicted octanol–water partition coefficient (Wildman–Crippen LogP) is -0.167. The Morgan fingerprint density at radius 1 is 1.62 bits per heavy atom. The number of aliphatic hydroxyl groups is 1. The van der Waals surface area contributed by atoms with Gasteiger partial charge in [-0.2, -0.15) is 0 Å². The first-order chi connectivity index (χ1) is 3.62. The number of alkyl halides is 2. The van der Waals surface area contributed by atoms with Crippen LogP contribution in [0.3, 0.4) is 0 Å². The van der Waals surface area contributed by atoms with Crippen LogP contribution in [0, 0.1) is 0 Å². The number of hydrogen-bond donors (Lipinski definition) is 2. The molecule has 0 atom stereocenters. The van der Waals surface area contributed by atoms with E-state index in [1.807, 2.05) is 0 Å². The van der Waals surface area contributed by atoms with Crippen molar-refractivity contribution in [2.24, 2.45) is 0 Å². The number of aliphatic hydroxyl groups excluding tert-OH is 1. The molecule has 0 heterocycles. The van der Waals surface area contributed by atoms with E-state index in [9.17, 15) is 8.78 Å². The Morgan fingerprint density at radius 3 is 2.25 bits per heavy atom. The van der Waals surface area contributed by atoms with Crippen LogP contribution in [-0.4, -0.2) is 31.2 Å². The van der Waals surface area contributed by atoms with Gasteiger partial charge in [0.15, 0.2) is 0 Å². The molecule has 0 amide bonds. The van der Waals surface area contributed by atoms with Gasteiger partial charge < -0.3 is 10.4 Å². The summed E-state index contributed by atoms with van der Waals surface area (Å²) >= 11 is 0. The molecule has 0 aliphatic carbocycles. The summed E-state index contributed by atoms with van der Waals surface area (Å²) in [5, 5.41) is 10.2. The zero-order chi connectivity index (χ0) is 6.62. The van der Waals surface area contributed by atoms with Crippen molar-refractivity contribution in [2.75, 3.05) is 20.2 Å². The smallest absolute Gasteiger partial charge is 0.282 e. The quantitative estimate of drug-likeness (QED) is 0.549. The molecule has 2 nitrogen and oxygen atoms in total. The molecule has 0 aromatic rings. The summed E-state index contributed by atoms with van der Waals surface area (Å²) in [4.78, 5) is 0.